The molecule has 1 aliphatic rings. The molecule has 2 unspecified atom stereocenters. The van der Waals surface area contributed by atoms with E-state index in [-0.39, 0.29) is 24.7 Å². The molecule has 0 bridgehead atoms. The van der Waals surface area contributed by atoms with E-state index in [4.69, 9.17) is 9.84 Å². The van der Waals surface area contributed by atoms with Gasteiger partial charge in [-0.1, -0.05) is 13.3 Å². The van der Waals surface area contributed by atoms with E-state index < -0.39 is 0 Å². The van der Waals surface area contributed by atoms with Crippen LogP contribution in [0.25, 0.3) is 0 Å². The lowest BCUT2D eigenvalue weighted by molar-refractivity contribution is -0.00836. The Morgan fingerprint density at radius 3 is 2.86 bits per heavy atom. The monoisotopic (exact) mass is 201 g/mol. The average Bonchev–Trinajstić information content (AvgIpc) is 2.17. The first-order valence-corrected chi connectivity index (χ1v) is 5.25. The number of amides is 1. The van der Waals surface area contributed by atoms with Crippen molar-refractivity contribution in [3.05, 3.63) is 0 Å². The molecular formula is C10H19NO3. The van der Waals surface area contributed by atoms with Gasteiger partial charge in [0.15, 0.2) is 0 Å². The summed E-state index contributed by atoms with van der Waals surface area (Å²) in [6, 6.07) is 0.120. The number of aliphatic hydroxyl groups is 1. The first-order chi connectivity index (χ1) is 6.70. The molecule has 0 saturated carbocycles. The van der Waals surface area contributed by atoms with Crippen molar-refractivity contribution < 1.29 is 14.6 Å². The molecule has 0 aromatic heterocycles. The predicted octanol–water partition coefficient (Wildman–Crippen LogP) is 1.24. The van der Waals surface area contributed by atoms with Crippen LogP contribution in [-0.4, -0.2) is 41.9 Å². The van der Waals surface area contributed by atoms with E-state index in [1.54, 1.807) is 4.90 Å². The second kappa shape index (κ2) is 5.20. The van der Waals surface area contributed by atoms with E-state index in [1.807, 2.05) is 6.92 Å². The van der Waals surface area contributed by atoms with Crippen molar-refractivity contribution in [1.29, 1.82) is 0 Å². The van der Waals surface area contributed by atoms with Crippen molar-refractivity contribution >= 4 is 6.09 Å². The number of hydrogen-bond acceptors (Lipinski definition) is 3. The first kappa shape index (κ1) is 11.3. The first-order valence-electron chi connectivity index (χ1n) is 5.25. The summed E-state index contributed by atoms with van der Waals surface area (Å²) in [5.74, 6) is 0.230. The van der Waals surface area contributed by atoms with Crippen LogP contribution < -0.4 is 0 Å². The zero-order valence-electron chi connectivity index (χ0n) is 8.90. The van der Waals surface area contributed by atoms with E-state index in [1.165, 1.54) is 0 Å². The Bertz CT molecular complexity index is 196. The van der Waals surface area contributed by atoms with Gasteiger partial charge in [0, 0.05) is 25.1 Å². The largest absolute Gasteiger partial charge is 0.449 e. The molecule has 0 radical (unpaired) electrons. The van der Waals surface area contributed by atoms with Crippen LogP contribution >= 0.6 is 0 Å². The molecule has 1 aliphatic heterocycles. The van der Waals surface area contributed by atoms with Gasteiger partial charge in [0.2, 0.25) is 0 Å². The summed E-state index contributed by atoms with van der Waals surface area (Å²) in [6.07, 6.45) is 1.70. The van der Waals surface area contributed by atoms with Crippen molar-refractivity contribution in [2.45, 2.75) is 32.7 Å². The molecule has 4 nitrogen and oxygen atoms in total. The van der Waals surface area contributed by atoms with Crippen LogP contribution in [0.15, 0.2) is 0 Å². The summed E-state index contributed by atoms with van der Waals surface area (Å²) >= 11 is 0. The Balaban J connectivity index is 2.20. The summed E-state index contributed by atoms with van der Waals surface area (Å²) in [5, 5.41) is 8.89. The Morgan fingerprint density at radius 1 is 1.64 bits per heavy atom. The van der Waals surface area contributed by atoms with Gasteiger partial charge in [-0.15, -0.1) is 0 Å². The van der Waals surface area contributed by atoms with Crippen molar-refractivity contribution in [2.75, 3.05) is 19.8 Å². The summed E-state index contributed by atoms with van der Waals surface area (Å²) < 4.78 is 5.05. The molecule has 4 heteroatoms. The fourth-order valence-corrected chi connectivity index (χ4v) is 1.53. The van der Waals surface area contributed by atoms with Crippen LogP contribution in [0.5, 0.6) is 0 Å². The van der Waals surface area contributed by atoms with Crippen LogP contribution in [0.4, 0.5) is 4.79 Å². The lowest BCUT2D eigenvalue weighted by Gasteiger charge is -2.44. The topological polar surface area (TPSA) is 49.8 Å². The van der Waals surface area contributed by atoms with E-state index in [0.29, 0.717) is 13.2 Å². The molecule has 14 heavy (non-hydrogen) atoms. The second-order valence-corrected chi connectivity index (χ2v) is 3.80. The second-order valence-electron chi connectivity index (χ2n) is 3.80. The van der Waals surface area contributed by atoms with Crippen molar-refractivity contribution in [2.24, 2.45) is 5.92 Å². The minimum Gasteiger partial charge on any atom is -0.449 e. The third-order valence-electron chi connectivity index (χ3n) is 2.80. The van der Waals surface area contributed by atoms with Gasteiger partial charge in [-0.25, -0.2) is 4.79 Å². The van der Waals surface area contributed by atoms with Crippen molar-refractivity contribution in [3.8, 4) is 0 Å². The number of hydrogen-bond donors (Lipinski definition) is 1. The van der Waals surface area contributed by atoms with Gasteiger partial charge in [-0.3, -0.25) is 0 Å². The van der Waals surface area contributed by atoms with E-state index in [9.17, 15) is 4.79 Å². The number of ether oxygens (including phenoxy) is 1. The number of nitrogens with zero attached hydrogens (tertiary/aromatic N) is 1. The molecule has 0 aromatic carbocycles. The molecule has 1 amide bonds. The van der Waals surface area contributed by atoms with E-state index in [2.05, 4.69) is 6.92 Å². The SMILES string of the molecule is CCCCOC(=O)N1CC(CO)C1C. The molecule has 0 spiro atoms. The highest BCUT2D eigenvalue weighted by Gasteiger charge is 2.38. The third kappa shape index (κ3) is 2.38. The predicted molar refractivity (Wildman–Crippen MR) is 53.0 cm³/mol. The van der Waals surface area contributed by atoms with Gasteiger partial charge in [0.25, 0.3) is 0 Å². The van der Waals surface area contributed by atoms with Crippen molar-refractivity contribution in [1.82, 2.24) is 4.90 Å². The standard InChI is InChI=1S/C10H19NO3/c1-3-4-5-14-10(13)11-6-9(7-12)8(11)2/h8-9,12H,3-7H2,1-2H3. The van der Waals surface area contributed by atoms with Crippen LogP contribution in [0.2, 0.25) is 0 Å². The van der Waals surface area contributed by atoms with Crippen LogP contribution in [-0.2, 0) is 4.74 Å². The van der Waals surface area contributed by atoms with Crippen LogP contribution in [0.1, 0.15) is 26.7 Å². The molecular weight excluding hydrogens is 182 g/mol. The molecule has 2 atom stereocenters. The number of aliphatic hydroxyl groups excluding tert-OH is 1. The lowest BCUT2D eigenvalue weighted by Crippen LogP contribution is -2.58. The summed E-state index contributed by atoms with van der Waals surface area (Å²) in [4.78, 5) is 13.1. The molecule has 0 aliphatic carbocycles. The van der Waals surface area contributed by atoms with Gasteiger partial charge >= 0.3 is 6.09 Å². The summed E-state index contributed by atoms with van der Waals surface area (Å²) in [7, 11) is 0. The normalized spacial score (nSPS) is 25.8. The van der Waals surface area contributed by atoms with Gasteiger partial charge in [0.05, 0.1) is 6.61 Å². The third-order valence-corrected chi connectivity index (χ3v) is 2.80. The fourth-order valence-electron chi connectivity index (χ4n) is 1.53. The lowest BCUT2D eigenvalue weighted by atomic mass is 9.91. The number of rotatable bonds is 4. The number of carbonyl (C=O) groups is 1. The average molecular weight is 201 g/mol. The Labute approximate surface area is 84.8 Å². The smallest absolute Gasteiger partial charge is 0.410 e. The number of likely N-dealkylation sites (tertiary alicyclic amines) is 1. The maximum atomic E-state index is 11.4. The summed E-state index contributed by atoms with van der Waals surface area (Å²) in [6.45, 7) is 5.28. The zero-order chi connectivity index (χ0) is 10.6. The fraction of sp³-hybridized carbons (Fsp3) is 0.900. The van der Waals surface area contributed by atoms with Gasteiger partial charge in [-0.2, -0.15) is 0 Å². The highest BCUT2D eigenvalue weighted by atomic mass is 16.6. The van der Waals surface area contributed by atoms with Gasteiger partial charge < -0.3 is 14.7 Å². The van der Waals surface area contributed by atoms with Gasteiger partial charge in [-0.05, 0) is 13.3 Å². The zero-order valence-corrected chi connectivity index (χ0v) is 8.90. The number of carbonyl (C=O) groups excluding carboxylic acids is 1. The molecule has 1 heterocycles. The number of unbranched alkanes of at least 4 members (excludes halogenated alkanes) is 1. The van der Waals surface area contributed by atoms with Crippen LogP contribution in [0, 0.1) is 5.92 Å². The molecule has 1 N–H and O–H groups in total. The minimum absolute atomic E-state index is 0.120. The van der Waals surface area contributed by atoms with Crippen LogP contribution in [0.3, 0.4) is 0 Å². The maximum Gasteiger partial charge on any atom is 0.410 e. The Kier molecular flexibility index (Phi) is 4.20. The Morgan fingerprint density at radius 2 is 2.36 bits per heavy atom. The molecule has 1 rings (SSSR count). The molecule has 1 saturated heterocycles. The van der Waals surface area contributed by atoms with E-state index >= 15 is 0 Å². The highest BCUT2D eigenvalue weighted by molar-refractivity contribution is 5.69. The van der Waals surface area contributed by atoms with Crippen molar-refractivity contribution in [3.63, 3.8) is 0 Å². The maximum absolute atomic E-state index is 11.4. The Hall–Kier alpha value is -0.770. The summed E-state index contributed by atoms with van der Waals surface area (Å²) in [5.41, 5.74) is 0. The molecule has 0 aromatic rings. The molecule has 82 valence electrons. The quantitative estimate of drug-likeness (QED) is 0.696. The molecule has 1 fully saturated rings. The van der Waals surface area contributed by atoms with E-state index in [0.717, 1.165) is 12.8 Å². The highest BCUT2D eigenvalue weighted by Crippen LogP contribution is 2.24. The minimum atomic E-state index is -0.240. The van der Waals surface area contributed by atoms with Gasteiger partial charge in [0.1, 0.15) is 0 Å².